The number of primary amides is 1. The highest BCUT2D eigenvalue weighted by atomic mass is 32.2. The summed E-state index contributed by atoms with van der Waals surface area (Å²) in [5, 5.41) is 4.30. The molecule has 0 atom stereocenters. The fourth-order valence-electron chi connectivity index (χ4n) is 1.33. The number of allylic oxidation sites excluding steroid dienone is 2. The van der Waals surface area contributed by atoms with Gasteiger partial charge in [0.15, 0.2) is 0 Å². The minimum absolute atomic E-state index is 0.350. The lowest BCUT2D eigenvalue weighted by Gasteiger charge is -2.10. The summed E-state index contributed by atoms with van der Waals surface area (Å²) in [6.45, 7) is 0. The highest BCUT2D eigenvalue weighted by Crippen LogP contribution is 2.41. The van der Waals surface area contributed by atoms with Crippen LogP contribution in [0, 0.1) is 0 Å². The van der Waals surface area contributed by atoms with Gasteiger partial charge in [-0.05, 0) is 33.9 Å². The van der Waals surface area contributed by atoms with Gasteiger partial charge < -0.3 is 5.73 Å². The van der Waals surface area contributed by atoms with Crippen LogP contribution in [0.4, 0.5) is 0 Å². The summed E-state index contributed by atoms with van der Waals surface area (Å²) < 4.78 is 0. The summed E-state index contributed by atoms with van der Waals surface area (Å²) in [4.78, 5) is 12.1. The van der Waals surface area contributed by atoms with E-state index in [9.17, 15) is 4.79 Å². The molecule has 0 saturated heterocycles. The lowest BCUT2D eigenvalue weighted by molar-refractivity contribution is 0.1000. The number of carbonyl (C=O) groups excluding carboxylic acids is 1. The van der Waals surface area contributed by atoms with Crippen LogP contribution in [0.5, 0.6) is 0 Å². The standard InChI is InChI=1S/C11H11NOS/c12-11(13)9-4-3-5-10(8-9)14-6-1-2-7-14/h1-8,14H,(H2,12,13). The molecule has 1 aromatic carbocycles. The normalized spacial score (nSPS) is 16.1. The van der Waals surface area contributed by atoms with Crippen LogP contribution < -0.4 is 5.73 Å². The molecular formula is C11H11NOS. The number of carbonyl (C=O) groups is 1. The molecule has 0 spiro atoms. The Hall–Kier alpha value is -1.48. The Labute approximate surface area is 85.5 Å². The fraction of sp³-hybridized carbons (Fsp3) is 0. The van der Waals surface area contributed by atoms with Crippen molar-refractivity contribution >= 4 is 16.8 Å². The number of amides is 1. The van der Waals surface area contributed by atoms with Crippen molar-refractivity contribution in [1.82, 2.24) is 0 Å². The van der Waals surface area contributed by atoms with E-state index in [2.05, 4.69) is 10.8 Å². The van der Waals surface area contributed by atoms with Crippen molar-refractivity contribution in [3.8, 4) is 0 Å². The van der Waals surface area contributed by atoms with E-state index in [-0.39, 0.29) is 16.8 Å². The van der Waals surface area contributed by atoms with Gasteiger partial charge in [-0.1, -0.05) is 18.2 Å². The smallest absolute Gasteiger partial charge is 0.248 e. The highest BCUT2D eigenvalue weighted by Gasteiger charge is 2.05. The minimum atomic E-state index is -0.367. The topological polar surface area (TPSA) is 43.1 Å². The molecule has 0 unspecified atom stereocenters. The first-order valence-corrected chi connectivity index (χ1v) is 5.78. The van der Waals surface area contributed by atoms with Gasteiger partial charge in [-0.15, -0.1) is 0 Å². The summed E-state index contributed by atoms with van der Waals surface area (Å²) in [6.07, 6.45) is 4.06. The molecule has 2 nitrogen and oxygen atoms in total. The molecule has 0 saturated carbocycles. The molecule has 0 fully saturated rings. The third-order valence-corrected chi connectivity index (χ3v) is 3.89. The Morgan fingerprint density at radius 3 is 2.57 bits per heavy atom. The molecule has 0 aromatic heterocycles. The van der Waals surface area contributed by atoms with E-state index in [1.54, 1.807) is 6.07 Å². The number of rotatable bonds is 2. The Morgan fingerprint density at radius 2 is 1.93 bits per heavy atom. The quantitative estimate of drug-likeness (QED) is 0.714. The maximum Gasteiger partial charge on any atom is 0.248 e. The van der Waals surface area contributed by atoms with Gasteiger partial charge in [0, 0.05) is 5.56 Å². The van der Waals surface area contributed by atoms with Gasteiger partial charge in [-0.2, -0.15) is 10.9 Å². The maximum atomic E-state index is 11.0. The molecule has 3 heteroatoms. The van der Waals surface area contributed by atoms with E-state index < -0.39 is 0 Å². The van der Waals surface area contributed by atoms with Crippen LogP contribution in [-0.4, -0.2) is 5.91 Å². The summed E-state index contributed by atoms with van der Waals surface area (Å²) >= 11 is 0. The van der Waals surface area contributed by atoms with Crippen molar-refractivity contribution in [1.29, 1.82) is 0 Å². The second-order valence-corrected chi connectivity index (χ2v) is 4.93. The summed E-state index contributed by atoms with van der Waals surface area (Å²) in [6, 6.07) is 7.51. The Balaban J connectivity index is 2.35. The molecule has 14 heavy (non-hydrogen) atoms. The molecule has 1 aromatic rings. The monoisotopic (exact) mass is 205 g/mol. The number of hydrogen-bond acceptors (Lipinski definition) is 1. The molecule has 1 aliphatic rings. The van der Waals surface area contributed by atoms with Crippen molar-refractivity contribution < 1.29 is 4.79 Å². The third-order valence-electron chi connectivity index (χ3n) is 2.03. The van der Waals surface area contributed by atoms with Crippen molar-refractivity contribution in [2.45, 2.75) is 4.90 Å². The Kier molecular flexibility index (Phi) is 2.41. The minimum Gasteiger partial charge on any atom is -0.366 e. The van der Waals surface area contributed by atoms with E-state index in [1.807, 2.05) is 30.4 Å². The lowest BCUT2D eigenvalue weighted by Crippen LogP contribution is -2.10. The van der Waals surface area contributed by atoms with E-state index in [4.69, 9.17) is 5.73 Å². The van der Waals surface area contributed by atoms with Crippen molar-refractivity contribution in [2.24, 2.45) is 5.73 Å². The first kappa shape index (κ1) is 9.09. The number of benzene rings is 1. The molecule has 2 N–H and O–H groups in total. The first-order valence-electron chi connectivity index (χ1n) is 4.30. The van der Waals surface area contributed by atoms with Gasteiger partial charge in [0.05, 0.1) is 0 Å². The second-order valence-electron chi connectivity index (χ2n) is 3.00. The van der Waals surface area contributed by atoms with E-state index in [0.717, 1.165) is 0 Å². The summed E-state index contributed by atoms with van der Waals surface area (Å²) in [5.74, 6) is -0.367. The molecule has 0 bridgehead atoms. The predicted molar refractivity (Wildman–Crippen MR) is 60.5 cm³/mol. The summed E-state index contributed by atoms with van der Waals surface area (Å²) in [5.41, 5.74) is 5.80. The van der Waals surface area contributed by atoms with E-state index in [1.165, 1.54) is 4.90 Å². The van der Waals surface area contributed by atoms with Crippen LogP contribution >= 0.6 is 10.9 Å². The predicted octanol–water partition coefficient (Wildman–Crippen LogP) is 2.19. The van der Waals surface area contributed by atoms with Crippen molar-refractivity contribution in [2.75, 3.05) is 0 Å². The van der Waals surface area contributed by atoms with Crippen molar-refractivity contribution in [3.05, 3.63) is 52.8 Å². The van der Waals surface area contributed by atoms with Crippen LogP contribution in [-0.2, 0) is 0 Å². The van der Waals surface area contributed by atoms with E-state index >= 15 is 0 Å². The highest BCUT2D eigenvalue weighted by molar-refractivity contribution is 8.22. The molecule has 0 aliphatic carbocycles. The number of nitrogens with two attached hydrogens (primary N) is 1. The molecule has 0 radical (unpaired) electrons. The van der Waals surface area contributed by atoms with Gasteiger partial charge in [-0.3, -0.25) is 4.79 Å². The van der Waals surface area contributed by atoms with Crippen molar-refractivity contribution in [3.63, 3.8) is 0 Å². The van der Waals surface area contributed by atoms with Crippen LogP contribution in [0.15, 0.2) is 52.1 Å². The average molecular weight is 205 g/mol. The van der Waals surface area contributed by atoms with Crippen LogP contribution in [0.2, 0.25) is 0 Å². The Bertz CT molecular complexity index is 411. The van der Waals surface area contributed by atoms with Gasteiger partial charge in [0.2, 0.25) is 5.91 Å². The number of hydrogen-bond donors (Lipinski definition) is 2. The fourth-order valence-corrected chi connectivity index (χ4v) is 2.89. The zero-order chi connectivity index (χ0) is 9.97. The van der Waals surface area contributed by atoms with Gasteiger partial charge in [-0.25, -0.2) is 0 Å². The SMILES string of the molecule is NC(=O)c1cccc([SH]2C=CC=C2)c1. The molecular weight excluding hydrogens is 194 g/mol. The van der Waals surface area contributed by atoms with Crippen LogP contribution in [0.1, 0.15) is 10.4 Å². The second kappa shape index (κ2) is 3.72. The molecule has 72 valence electrons. The average Bonchev–Trinajstić information content (AvgIpc) is 2.71. The first-order chi connectivity index (χ1) is 6.77. The molecule has 2 rings (SSSR count). The van der Waals surface area contributed by atoms with Crippen LogP contribution in [0.25, 0.3) is 0 Å². The van der Waals surface area contributed by atoms with Crippen LogP contribution in [0.3, 0.4) is 0 Å². The van der Waals surface area contributed by atoms with Gasteiger partial charge in [0.25, 0.3) is 0 Å². The third kappa shape index (κ3) is 1.72. The molecule has 1 heterocycles. The largest absolute Gasteiger partial charge is 0.366 e. The maximum absolute atomic E-state index is 11.0. The van der Waals surface area contributed by atoms with E-state index in [0.29, 0.717) is 5.56 Å². The molecule has 1 amide bonds. The number of thiol groups is 1. The molecule has 1 aliphatic heterocycles. The van der Waals surface area contributed by atoms with Gasteiger partial charge in [0.1, 0.15) is 0 Å². The summed E-state index contributed by atoms with van der Waals surface area (Å²) in [7, 11) is -0.350. The zero-order valence-corrected chi connectivity index (χ0v) is 8.45. The van der Waals surface area contributed by atoms with Gasteiger partial charge >= 0.3 is 0 Å². The zero-order valence-electron chi connectivity index (χ0n) is 7.55. The lowest BCUT2D eigenvalue weighted by atomic mass is 10.2. The Morgan fingerprint density at radius 1 is 1.21 bits per heavy atom.